The lowest BCUT2D eigenvalue weighted by molar-refractivity contribution is 0.508. The van der Waals surface area contributed by atoms with E-state index in [0.29, 0.717) is 0 Å². The Bertz CT molecular complexity index is 565. The molecule has 0 aliphatic carbocycles. The molecule has 0 fully saturated rings. The Hall–Kier alpha value is -1.39. The molecule has 5 heteroatoms. The third-order valence-electron chi connectivity index (χ3n) is 3.44. The molecule has 2 aromatic rings. The van der Waals surface area contributed by atoms with Gasteiger partial charge in [0.2, 0.25) is 0 Å². The van der Waals surface area contributed by atoms with Crippen LogP contribution in [0, 0.1) is 6.92 Å². The van der Waals surface area contributed by atoms with Crippen LogP contribution in [0.2, 0.25) is 5.02 Å². The summed E-state index contributed by atoms with van der Waals surface area (Å²) in [6.07, 6.45) is 2.45. The van der Waals surface area contributed by atoms with Crippen molar-refractivity contribution in [3.63, 3.8) is 0 Å². The van der Waals surface area contributed by atoms with Crippen molar-refractivity contribution < 1.29 is 0 Å². The Balaban J connectivity index is 2.27. The van der Waals surface area contributed by atoms with Gasteiger partial charge >= 0.3 is 0 Å². The van der Waals surface area contributed by atoms with E-state index in [9.17, 15) is 0 Å². The summed E-state index contributed by atoms with van der Waals surface area (Å²) in [4.78, 5) is 4.37. The number of benzene rings is 1. The molecule has 20 heavy (non-hydrogen) atoms. The fraction of sp³-hybridized carbons (Fsp3) is 0.467. The van der Waals surface area contributed by atoms with E-state index in [1.54, 1.807) is 6.33 Å². The van der Waals surface area contributed by atoms with Crippen LogP contribution >= 0.6 is 11.6 Å². The van der Waals surface area contributed by atoms with Gasteiger partial charge in [0.05, 0.1) is 0 Å². The molecule has 0 spiro atoms. The molecule has 1 unspecified atom stereocenters. The van der Waals surface area contributed by atoms with E-state index < -0.39 is 0 Å². The van der Waals surface area contributed by atoms with Crippen molar-refractivity contribution in [3.05, 3.63) is 46.5 Å². The molecule has 1 heterocycles. The SMILES string of the molecule is CCNC(Cc1ncnn1CC)c1ccc(Cl)cc1C. The summed E-state index contributed by atoms with van der Waals surface area (Å²) in [7, 11) is 0. The van der Waals surface area contributed by atoms with Crippen LogP contribution < -0.4 is 5.32 Å². The molecular formula is C15H21ClN4. The number of nitrogens with one attached hydrogen (secondary N) is 1. The van der Waals surface area contributed by atoms with Crippen LogP contribution in [0.15, 0.2) is 24.5 Å². The van der Waals surface area contributed by atoms with E-state index in [0.717, 1.165) is 30.4 Å². The van der Waals surface area contributed by atoms with Gasteiger partial charge in [0.1, 0.15) is 12.2 Å². The molecule has 4 nitrogen and oxygen atoms in total. The lowest BCUT2D eigenvalue weighted by atomic mass is 9.98. The predicted molar refractivity (Wildman–Crippen MR) is 82.0 cm³/mol. The van der Waals surface area contributed by atoms with Crippen LogP contribution in [0.3, 0.4) is 0 Å². The van der Waals surface area contributed by atoms with Crippen LogP contribution in [0.25, 0.3) is 0 Å². The molecular weight excluding hydrogens is 272 g/mol. The molecule has 0 amide bonds. The molecule has 0 saturated carbocycles. The Kier molecular flexibility index (Phi) is 5.15. The summed E-state index contributed by atoms with van der Waals surface area (Å²) >= 11 is 6.04. The summed E-state index contributed by atoms with van der Waals surface area (Å²) in [5.41, 5.74) is 2.47. The smallest absolute Gasteiger partial charge is 0.138 e. The van der Waals surface area contributed by atoms with Crippen molar-refractivity contribution >= 4 is 11.6 Å². The van der Waals surface area contributed by atoms with E-state index in [2.05, 4.69) is 42.2 Å². The van der Waals surface area contributed by atoms with Crippen LogP contribution in [-0.2, 0) is 13.0 Å². The number of hydrogen-bond donors (Lipinski definition) is 1. The average Bonchev–Trinajstić information content (AvgIpc) is 2.85. The monoisotopic (exact) mass is 292 g/mol. The molecule has 0 saturated heterocycles. The molecule has 1 atom stereocenters. The second-order valence-electron chi connectivity index (χ2n) is 4.81. The van der Waals surface area contributed by atoms with Crippen molar-refractivity contribution in [1.82, 2.24) is 20.1 Å². The number of hydrogen-bond acceptors (Lipinski definition) is 3. The van der Waals surface area contributed by atoms with E-state index in [-0.39, 0.29) is 6.04 Å². The molecule has 0 aliphatic rings. The van der Waals surface area contributed by atoms with Gasteiger partial charge in [0, 0.05) is 24.0 Å². The first-order chi connectivity index (χ1) is 9.65. The highest BCUT2D eigenvalue weighted by molar-refractivity contribution is 6.30. The molecule has 0 bridgehead atoms. The zero-order valence-electron chi connectivity index (χ0n) is 12.2. The summed E-state index contributed by atoms with van der Waals surface area (Å²) < 4.78 is 1.94. The third kappa shape index (κ3) is 3.38. The van der Waals surface area contributed by atoms with E-state index in [1.807, 2.05) is 16.8 Å². The van der Waals surface area contributed by atoms with Crippen LogP contribution in [-0.4, -0.2) is 21.3 Å². The summed E-state index contributed by atoms with van der Waals surface area (Å²) in [6, 6.07) is 6.27. The second-order valence-corrected chi connectivity index (χ2v) is 5.24. The maximum atomic E-state index is 6.04. The van der Waals surface area contributed by atoms with Gasteiger partial charge in [0.25, 0.3) is 0 Å². The van der Waals surface area contributed by atoms with Crippen LogP contribution in [0.5, 0.6) is 0 Å². The first-order valence-electron chi connectivity index (χ1n) is 7.01. The molecule has 0 radical (unpaired) electrons. The molecule has 2 rings (SSSR count). The number of nitrogens with zero attached hydrogens (tertiary/aromatic N) is 3. The van der Waals surface area contributed by atoms with Gasteiger partial charge in [0.15, 0.2) is 0 Å². The predicted octanol–water partition coefficient (Wildman–Crippen LogP) is 3.15. The van der Waals surface area contributed by atoms with Crippen molar-refractivity contribution in [2.24, 2.45) is 0 Å². The van der Waals surface area contributed by atoms with Crippen molar-refractivity contribution in [1.29, 1.82) is 0 Å². The highest BCUT2D eigenvalue weighted by atomic mass is 35.5. The largest absolute Gasteiger partial charge is 0.310 e. The minimum atomic E-state index is 0.228. The van der Waals surface area contributed by atoms with Crippen LogP contribution in [0.4, 0.5) is 0 Å². The van der Waals surface area contributed by atoms with Gasteiger partial charge in [-0.1, -0.05) is 24.6 Å². The minimum absolute atomic E-state index is 0.228. The maximum Gasteiger partial charge on any atom is 0.138 e. The number of rotatable bonds is 6. The number of halogens is 1. The fourth-order valence-corrected chi connectivity index (χ4v) is 2.69. The minimum Gasteiger partial charge on any atom is -0.310 e. The molecule has 1 aromatic heterocycles. The molecule has 1 N–H and O–H groups in total. The Morgan fingerprint density at radius 3 is 2.80 bits per heavy atom. The Morgan fingerprint density at radius 1 is 1.35 bits per heavy atom. The van der Waals surface area contributed by atoms with Gasteiger partial charge in [-0.2, -0.15) is 5.10 Å². The van der Waals surface area contributed by atoms with Gasteiger partial charge in [-0.3, -0.25) is 4.68 Å². The van der Waals surface area contributed by atoms with Gasteiger partial charge in [-0.05, 0) is 43.7 Å². The third-order valence-corrected chi connectivity index (χ3v) is 3.67. The zero-order valence-corrected chi connectivity index (χ0v) is 13.0. The topological polar surface area (TPSA) is 42.7 Å². The van der Waals surface area contributed by atoms with Gasteiger partial charge < -0.3 is 5.32 Å². The van der Waals surface area contributed by atoms with Crippen molar-refractivity contribution in [3.8, 4) is 0 Å². The van der Waals surface area contributed by atoms with E-state index >= 15 is 0 Å². The standard InChI is InChI=1S/C15H21ClN4/c1-4-17-14(9-15-18-10-19-20(15)5-2)13-7-6-12(16)8-11(13)3/h6-8,10,14,17H,4-5,9H2,1-3H3. The normalized spacial score (nSPS) is 12.6. The first-order valence-corrected chi connectivity index (χ1v) is 7.39. The number of aryl methyl sites for hydroxylation is 2. The Morgan fingerprint density at radius 2 is 2.15 bits per heavy atom. The summed E-state index contributed by atoms with van der Waals surface area (Å²) in [5, 5.41) is 8.54. The van der Waals surface area contributed by atoms with E-state index in [1.165, 1.54) is 11.1 Å². The molecule has 0 aliphatic heterocycles. The highest BCUT2D eigenvalue weighted by Gasteiger charge is 2.16. The van der Waals surface area contributed by atoms with Crippen molar-refractivity contribution in [2.75, 3.05) is 6.54 Å². The highest BCUT2D eigenvalue weighted by Crippen LogP contribution is 2.24. The number of aromatic nitrogens is 3. The van der Waals surface area contributed by atoms with Gasteiger partial charge in [-0.15, -0.1) is 0 Å². The molecule has 1 aromatic carbocycles. The quantitative estimate of drug-likeness (QED) is 0.889. The lowest BCUT2D eigenvalue weighted by Crippen LogP contribution is -2.25. The summed E-state index contributed by atoms with van der Waals surface area (Å²) in [6.45, 7) is 8.04. The zero-order chi connectivity index (χ0) is 14.5. The lowest BCUT2D eigenvalue weighted by Gasteiger charge is -2.20. The van der Waals surface area contributed by atoms with E-state index in [4.69, 9.17) is 11.6 Å². The first kappa shape index (κ1) is 15.0. The van der Waals surface area contributed by atoms with Gasteiger partial charge in [-0.25, -0.2) is 4.98 Å². The maximum absolute atomic E-state index is 6.04. The van der Waals surface area contributed by atoms with Crippen molar-refractivity contribution in [2.45, 2.75) is 39.8 Å². The van der Waals surface area contributed by atoms with Crippen LogP contribution in [0.1, 0.15) is 36.8 Å². The molecule has 108 valence electrons. The number of likely N-dealkylation sites (N-methyl/N-ethyl adjacent to an activating group) is 1. The average molecular weight is 293 g/mol. The summed E-state index contributed by atoms with van der Waals surface area (Å²) in [5.74, 6) is 1.01. The Labute approximate surface area is 125 Å². The second kappa shape index (κ2) is 6.86. The fourth-order valence-electron chi connectivity index (χ4n) is 2.46.